The van der Waals surface area contributed by atoms with Crippen molar-refractivity contribution in [1.29, 1.82) is 0 Å². The highest BCUT2D eigenvalue weighted by Gasteiger charge is 2.09. The van der Waals surface area contributed by atoms with Crippen molar-refractivity contribution in [2.75, 3.05) is 39.3 Å². The molecule has 9 nitrogen and oxygen atoms in total. The number of carbonyl (C=O) groups is 1. The molecule has 0 spiro atoms. The predicted octanol–water partition coefficient (Wildman–Crippen LogP) is 3.76. The Balaban J connectivity index is 1.44. The molecule has 0 aliphatic heterocycles. The van der Waals surface area contributed by atoms with Crippen molar-refractivity contribution in [1.82, 2.24) is 15.5 Å². The molecule has 3 aromatic rings. The van der Waals surface area contributed by atoms with Crippen molar-refractivity contribution in [3.63, 3.8) is 0 Å². The van der Waals surface area contributed by atoms with Crippen molar-refractivity contribution < 1.29 is 23.7 Å². The van der Waals surface area contributed by atoms with Gasteiger partial charge >= 0.3 is 6.03 Å². The number of hydrogen-bond acceptors (Lipinski definition) is 7. The molecule has 0 bridgehead atoms. The van der Waals surface area contributed by atoms with E-state index in [-0.39, 0.29) is 19.2 Å². The fourth-order valence-corrected chi connectivity index (χ4v) is 2.83. The first-order valence-electron chi connectivity index (χ1n) is 10.1. The smallest absolute Gasteiger partial charge is 0.319 e. The van der Waals surface area contributed by atoms with Gasteiger partial charge in [0.05, 0.1) is 38.8 Å². The molecule has 0 saturated carbocycles. The van der Waals surface area contributed by atoms with Crippen LogP contribution in [0.4, 0.5) is 10.5 Å². The number of ether oxygens (including phenoxy) is 4. The van der Waals surface area contributed by atoms with E-state index in [1.54, 1.807) is 31.4 Å². The summed E-state index contributed by atoms with van der Waals surface area (Å²) in [6.45, 7) is 3.09. The molecule has 168 valence electrons. The lowest BCUT2D eigenvalue weighted by molar-refractivity contribution is 0.246. The lowest BCUT2D eigenvalue weighted by Gasteiger charge is -2.12. The molecule has 0 unspecified atom stereocenters. The Kier molecular flexibility index (Phi) is 8.08. The second-order valence-electron chi connectivity index (χ2n) is 6.51. The Morgan fingerprint density at radius 1 is 0.906 bits per heavy atom. The molecule has 0 saturated heterocycles. The lowest BCUT2D eigenvalue weighted by atomic mass is 10.1. The first-order chi connectivity index (χ1) is 15.6. The first kappa shape index (κ1) is 22.7. The highest BCUT2D eigenvalue weighted by atomic mass is 16.5. The monoisotopic (exact) mass is 438 g/mol. The summed E-state index contributed by atoms with van der Waals surface area (Å²) in [6.07, 6.45) is 0. The molecule has 0 aliphatic carbocycles. The number of carbonyl (C=O) groups excluding carboxylic acids is 1. The lowest BCUT2D eigenvalue weighted by Crippen LogP contribution is -2.32. The number of nitrogens with one attached hydrogen (secondary N) is 2. The summed E-state index contributed by atoms with van der Waals surface area (Å²) in [7, 11) is 3.08. The van der Waals surface area contributed by atoms with E-state index >= 15 is 0 Å². The minimum atomic E-state index is -0.381. The molecule has 0 radical (unpaired) electrons. The first-order valence-corrected chi connectivity index (χ1v) is 10.1. The molecule has 1 aromatic heterocycles. The number of urea groups is 1. The van der Waals surface area contributed by atoms with Gasteiger partial charge in [-0.15, -0.1) is 10.2 Å². The highest BCUT2D eigenvalue weighted by Crippen LogP contribution is 2.28. The molecular formula is C23H26N4O5. The molecule has 2 aromatic carbocycles. The van der Waals surface area contributed by atoms with Gasteiger partial charge in [0.25, 0.3) is 0 Å². The molecule has 2 amide bonds. The van der Waals surface area contributed by atoms with Gasteiger partial charge in [-0.25, -0.2) is 4.79 Å². The number of benzene rings is 2. The van der Waals surface area contributed by atoms with Crippen LogP contribution in [-0.4, -0.2) is 50.2 Å². The Hall–Kier alpha value is -4.01. The van der Waals surface area contributed by atoms with Crippen molar-refractivity contribution >= 4 is 11.7 Å². The molecule has 0 fully saturated rings. The van der Waals surface area contributed by atoms with Crippen LogP contribution < -0.4 is 29.6 Å². The minimum absolute atomic E-state index is 0.240. The van der Waals surface area contributed by atoms with Crippen molar-refractivity contribution in [2.24, 2.45) is 0 Å². The summed E-state index contributed by atoms with van der Waals surface area (Å²) >= 11 is 0. The number of amides is 2. The van der Waals surface area contributed by atoms with Gasteiger partial charge in [0.2, 0.25) is 5.88 Å². The van der Waals surface area contributed by atoms with Crippen LogP contribution in [0.2, 0.25) is 0 Å². The Labute approximate surface area is 186 Å². The van der Waals surface area contributed by atoms with Gasteiger partial charge in [-0.2, -0.15) is 0 Å². The molecule has 9 heteroatoms. The third kappa shape index (κ3) is 6.24. The van der Waals surface area contributed by atoms with E-state index in [2.05, 4.69) is 20.8 Å². The SMILES string of the molecule is CCOc1ccc(-c2ccc(OCCNC(=O)Nc3ccc(OC)cc3OC)nn2)cc1. The number of rotatable bonds is 10. The number of methoxy groups -OCH3 is 2. The minimum Gasteiger partial charge on any atom is -0.497 e. The summed E-state index contributed by atoms with van der Waals surface area (Å²) in [6, 6.07) is 15.9. The van der Waals surface area contributed by atoms with E-state index in [1.807, 2.05) is 37.3 Å². The van der Waals surface area contributed by atoms with Crippen LogP contribution in [0.1, 0.15) is 6.92 Å². The molecule has 1 heterocycles. The van der Waals surface area contributed by atoms with Crippen LogP contribution in [0.5, 0.6) is 23.1 Å². The number of hydrogen-bond donors (Lipinski definition) is 2. The fraction of sp³-hybridized carbons (Fsp3) is 0.261. The van der Waals surface area contributed by atoms with Gasteiger partial charge in [-0.3, -0.25) is 0 Å². The van der Waals surface area contributed by atoms with Gasteiger partial charge in [-0.05, 0) is 49.4 Å². The van der Waals surface area contributed by atoms with Crippen molar-refractivity contribution in [2.45, 2.75) is 6.92 Å². The van der Waals surface area contributed by atoms with E-state index in [4.69, 9.17) is 18.9 Å². The maximum absolute atomic E-state index is 12.1. The Morgan fingerprint density at radius 3 is 2.34 bits per heavy atom. The van der Waals surface area contributed by atoms with Gasteiger partial charge < -0.3 is 29.6 Å². The number of aromatic nitrogens is 2. The Bertz CT molecular complexity index is 1010. The maximum atomic E-state index is 12.1. The summed E-state index contributed by atoms with van der Waals surface area (Å²) in [5.41, 5.74) is 2.19. The van der Waals surface area contributed by atoms with Gasteiger partial charge in [0, 0.05) is 17.7 Å². The summed E-state index contributed by atoms with van der Waals surface area (Å²) < 4.78 is 21.4. The van der Waals surface area contributed by atoms with Crippen LogP contribution in [0.15, 0.2) is 54.6 Å². The third-order valence-electron chi connectivity index (χ3n) is 4.40. The van der Waals surface area contributed by atoms with E-state index in [9.17, 15) is 4.79 Å². The van der Waals surface area contributed by atoms with E-state index in [0.717, 1.165) is 17.0 Å². The molecule has 32 heavy (non-hydrogen) atoms. The van der Waals surface area contributed by atoms with Gasteiger partial charge in [0.1, 0.15) is 23.9 Å². The van der Waals surface area contributed by atoms with Crippen molar-refractivity contribution in [3.05, 3.63) is 54.6 Å². The average Bonchev–Trinajstić information content (AvgIpc) is 2.83. The largest absolute Gasteiger partial charge is 0.497 e. The number of anilines is 1. The summed E-state index contributed by atoms with van der Waals surface area (Å²) in [5, 5.41) is 13.7. The summed E-state index contributed by atoms with van der Waals surface area (Å²) in [4.78, 5) is 12.1. The predicted molar refractivity (Wildman–Crippen MR) is 121 cm³/mol. The normalized spacial score (nSPS) is 10.2. The summed E-state index contributed by atoms with van der Waals surface area (Å²) in [5.74, 6) is 2.32. The number of nitrogens with zero attached hydrogens (tertiary/aromatic N) is 2. The van der Waals surface area contributed by atoms with Crippen LogP contribution in [0.3, 0.4) is 0 Å². The zero-order chi connectivity index (χ0) is 22.8. The third-order valence-corrected chi connectivity index (χ3v) is 4.40. The van der Waals surface area contributed by atoms with Crippen LogP contribution in [0.25, 0.3) is 11.3 Å². The maximum Gasteiger partial charge on any atom is 0.319 e. The average molecular weight is 438 g/mol. The second-order valence-corrected chi connectivity index (χ2v) is 6.51. The van der Waals surface area contributed by atoms with E-state index < -0.39 is 0 Å². The standard InChI is InChI=1S/C23H26N4O5/c1-4-31-17-7-5-16(6-8-17)19-11-12-22(27-26-19)32-14-13-24-23(28)25-20-10-9-18(29-2)15-21(20)30-3/h5-12,15H,4,13-14H2,1-3H3,(H2,24,25,28). The van der Waals surface area contributed by atoms with Crippen LogP contribution >= 0.6 is 0 Å². The topological polar surface area (TPSA) is 104 Å². The Morgan fingerprint density at radius 2 is 1.69 bits per heavy atom. The van der Waals surface area contributed by atoms with Crippen LogP contribution in [-0.2, 0) is 0 Å². The van der Waals surface area contributed by atoms with Crippen LogP contribution in [0, 0.1) is 0 Å². The van der Waals surface area contributed by atoms with Gasteiger partial charge in [-0.1, -0.05) is 0 Å². The zero-order valence-electron chi connectivity index (χ0n) is 18.3. The molecule has 0 aliphatic rings. The van der Waals surface area contributed by atoms with Gasteiger partial charge in [0.15, 0.2) is 0 Å². The molecule has 2 N–H and O–H groups in total. The molecule has 0 atom stereocenters. The fourth-order valence-electron chi connectivity index (χ4n) is 2.83. The second kappa shape index (κ2) is 11.4. The highest BCUT2D eigenvalue weighted by molar-refractivity contribution is 5.91. The van der Waals surface area contributed by atoms with E-state index in [1.165, 1.54) is 7.11 Å². The molecule has 3 rings (SSSR count). The van der Waals surface area contributed by atoms with Crippen molar-refractivity contribution in [3.8, 4) is 34.4 Å². The van der Waals surface area contributed by atoms with E-state index in [0.29, 0.717) is 29.7 Å². The molecular weight excluding hydrogens is 412 g/mol. The quantitative estimate of drug-likeness (QED) is 0.465. The zero-order valence-corrected chi connectivity index (χ0v) is 18.3.